The van der Waals surface area contributed by atoms with Gasteiger partial charge in [0.2, 0.25) is 5.91 Å². The number of fused-ring (bicyclic) bond motifs is 1. The molecule has 2 fully saturated rings. The highest BCUT2D eigenvalue weighted by Crippen LogP contribution is 2.27. The largest absolute Gasteiger partial charge is 0.494 e. The third-order valence-corrected chi connectivity index (χ3v) is 5.22. The molecule has 2 aliphatic heterocycles. The number of benzene rings is 1. The van der Waals surface area contributed by atoms with Crippen LogP contribution in [0.3, 0.4) is 0 Å². The van der Waals surface area contributed by atoms with E-state index >= 15 is 0 Å². The number of rotatable bonds is 4. The lowest BCUT2D eigenvalue weighted by Crippen LogP contribution is -2.32. The minimum absolute atomic E-state index is 0.189. The molecule has 3 rings (SSSR count). The van der Waals surface area contributed by atoms with Crippen LogP contribution >= 0.6 is 0 Å². The zero-order valence-electron chi connectivity index (χ0n) is 13.7. The van der Waals surface area contributed by atoms with Crippen LogP contribution in [-0.2, 0) is 11.2 Å². The third-order valence-electron chi connectivity index (χ3n) is 5.22. The lowest BCUT2D eigenvalue weighted by Gasteiger charge is -2.21. The molecule has 0 saturated carbocycles. The van der Waals surface area contributed by atoms with Gasteiger partial charge in [-0.15, -0.1) is 0 Å². The molecule has 2 aliphatic rings. The predicted molar refractivity (Wildman–Crippen MR) is 86.9 cm³/mol. The summed E-state index contributed by atoms with van der Waals surface area (Å²) in [5.41, 5.74) is 0.840. The molecule has 23 heavy (non-hydrogen) atoms. The van der Waals surface area contributed by atoms with Crippen LogP contribution in [0.4, 0.5) is 4.39 Å². The molecule has 1 N–H and O–H groups in total. The number of amides is 1. The van der Waals surface area contributed by atoms with Crippen molar-refractivity contribution in [3.63, 3.8) is 0 Å². The van der Waals surface area contributed by atoms with Crippen molar-refractivity contribution in [1.29, 1.82) is 0 Å². The molecule has 2 atom stereocenters. The first kappa shape index (κ1) is 16.2. The number of hydrogen-bond acceptors (Lipinski definition) is 3. The fraction of sp³-hybridized carbons (Fsp3) is 0.611. The van der Waals surface area contributed by atoms with Crippen molar-refractivity contribution in [1.82, 2.24) is 10.2 Å². The molecule has 0 spiro atoms. The summed E-state index contributed by atoms with van der Waals surface area (Å²) in [6, 6.07) is 4.91. The average Bonchev–Trinajstić information content (AvgIpc) is 2.91. The van der Waals surface area contributed by atoms with Gasteiger partial charge in [0.05, 0.1) is 7.11 Å². The Morgan fingerprint density at radius 2 is 2.00 bits per heavy atom. The Balaban J connectivity index is 1.52. The Morgan fingerprint density at radius 1 is 1.30 bits per heavy atom. The quantitative estimate of drug-likeness (QED) is 0.925. The molecule has 5 heteroatoms. The molecule has 1 amide bonds. The number of methoxy groups -OCH3 is 1. The molecule has 4 nitrogen and oxygen atoms in total. The maximum absolute atomic E-state index is 13.7. The Labute approximate surface area is 137 Å². The van der Waals surface area contributed by atoms with Crippen LogP contribution in [0.25, 0.3) is 0 Å². The highest BCUT2D eigenvalue weighted by atomic mass is 19.1. The van der Waals surface area contributed by atoms with Gasteiger partial charge in [0, 0.05) is 19.5 Å². The predicted octanol–water partition coefficient (Wildman–Crippen LogP) is 2.22. The Morgan fingerprint density at radius 3 is 2.61 bits per heavy atom. The first-order valence-electron chi connectivity index (χ1n) is 8.48. The summed E-state index contributed by atoms with van der Waals surface area (Å²) in [5.74, 6) is 1.52. The lowest BCUT2D eigenvalue weighted by atomic mass is 9.92. The van der Waals surface area contributed by atoms with Crippen LogP contribution in [-0.4, -0.2) is 44.1 Å². The van der Waals surface area contributed by atoms with E-state index in [1.165, 1.54) is 13.2 Å². The number of carbonyl (C=O) groups excluding carboxylic acids is 1. The molecule has 0 unspecified atom stereocenters. The van der Waals surface area contributed by atoms with Gasteiger partial charge >= 0.3 is 0 Å². The molecule has 1 aromatic rings. The van der Waals surface area contributed by atoms with Gasteiger partial charge in [0.15, 0.2) is 11.6 Å². The van der Waals surface area contributed by atoms with Crippen molar-refractivity contribution in [2.24, 2.45) is 11.8 Å². The van der Waals surface area contributed by atoms with E-state index in [9.17, 15) is 9.18 Å². The van der Waals surface area contributed by atoms with Crippen molar-refractivity contribution in [2.75, 3.05) is 33.3 Å². The van der Waals surface area contributed by atoms with Crippen molar-refractivity contribution in [3.05, 3.63) is 29.6 Å². The zero-order chi connectivity index (χ0) is 16.2. The monoisotopic (exact) mass is 320 g/mol. The van der Waals surface area contributed by atoms with E-state index < -0.39 is 0 Å². The highest BCUT2D eigenvalue weighted by Gasteiger charge is 2.31. The summed E-state index contributed by atoms with van der Waals surface area (Å²) >= 11 is 0. The summed E-state index contributed by atoms with van der Waals surface area (Å²) < 4.78 is 18.6. The molecule has 2 saturated heterocycles. The van der Waals surface area contributed by atoms with Crippen molar-refractivity contribution in [3.8, 4) is 5.75 Å². The van der Waals surface area contributed by atoms with Crippen LogP contribution in [0.2, 0.25) is 0 Å². The Kier molecular flexibility index (Phi) is 5.16. The number of halogens is 1. The van der Waals surface area contributed by atoms with Crippen LogP contribution in [0.1, 0.15) is 24.8 Å². The number of aryl methyl sites for hydroxylation is 1. The van der Waals surface area contributed by atoms with Crippen LogP contribution in [0, 0.1) is 17.7 Å². The van der Waals surface area contributed by atoms with Gasteiger partial charge in [-0.05, 0) is 61.9 Å². The minimum atomic E-state index is -0.368. The van der Waals surface area contributed by atoms with Crippen molar-refractivity contribution in [2.45, 2.75) is 25.7 Å². The van der Waals surface area contributed by atoms with E-state index in [4.69, 9.17) is 4.74 Å². The smallest absolute Gasteiger partial charge is 0.222 e. The first-order chi connectivity index (χ1) is 11.2. The highest BCUT2D eigenvalue weighted by molar-refractivity contribution is 5.76. The van der Waals surface area contributed by atoms with Gasteiger partial charge in [-0.2, -0.15) is 0 Å². The number of nitrogens with one attached hydrogen (secondary N) is 1. The van der Waals surface area contributed by atoms with Crippen LogP contribution in [0.5, 0.6) is 5.75 Å². The summed E-state index contributed by atoms with van der Waals surface area (Å²) in [7, 11) is 1.45. The summed E-state index contributed by atoms with van der Waals surface area (Å²) in [5, 5.41) is 3.45. The molecular formula is C18H25FN2O2. The van der Waals surface area contributed by atoms with Gasteiger partial charge in [-0.3, -0.25) is 4.79 Å². The van der Waals surface area contributed by atoms with Gasteiger partial charge in [0.25, 0.3) is 0 Å². The average molecular weight is 320 g/mol. The van der Waals surface area contributed by atoms with Crippen molar-refractivity contribution < 1.29 is 13.9 Å². The number of hydrogen-bond donors (Lipinski definition) is 1. The summed E-state index contributed by atoms with van der Waals surface area (Å²) in [6.45, 7) is 3.91. The second-order valence-corrected chi connectivity index (χ2v) is 6.61. The van der Waals surface area contributed by atoms with Gasteiger partial charge < -0.3 is 15.0 Å². The van der Waals surface area contributed by atoms with E-state index in [2.05, 4.69) is 5.32 Å². The molecule has 126 valence electrons. The Hall–Kier alpha value is -1.62. The maximum Gasteiger partial charge on any atom is 0.222 e. The molecule has 0 radical (unpaired) electrons. The SMILES string of the molecule is COc1ccc(CCC(=O)N2CC[C@@H]3CNC[C@@H]3CC2)cc1F. The van der Waals surface area contributed by atoms with E-state index in [-0.39, 0.29) is 17.5 Å². The minimum Gasteiger partial charge on any atom is -0.494 e. The number of carbonyl (C=O) groups is 1. The van der Waals surface area contributed by atoms with Crippen molar-refractivity contribution >= 4 is 5.91 Å². The molecule has 0 bridgehead atoms. The van der Waals surface area contributed by atoms with E-state index in [1.807, 2.05) is 11.0 Å². The number of nitrogens with zero attached hydrogens (tertiary/aromatic N) is 1. The second kappa shape index (κ2) is 7.30. The third kappa shape index (κ3) is 3.83. The summed E-state index contributed by atoms with van der Waals surface area (Å²) in [6.07, 6.45) is 3.21. The first-order valence-corrected chi connectivity index (χ1v) is 8.48. The maximum atomic E-state index is 13.7. The fourth-order valence-electron chi connectivity index (χ4n) is 3.74. The number of ether oxygens (including phenoxy) is 1. The topological polar surface area (TPSA) is 41.6 Å². The van der Waals surface area contributed by atoms with Gasteiger partial charge in [0.1, 0.15) is 0 Å². The van der Waals surface area contributed by atoms with E-state index in [0.717, 1.165) is 56.4 Å². The van der Waals surface area contributed by atoms with Gasteiger partial charge in [-0.25, -0.2) is 4.39 Å². The Bertz CT molecular complexity index is 550. The second-order valence-electron chi connectivity index (χ2n) is 6.61. The molecule has 0 aliphatic carbocycles. The van der Waals surface area contributed by atoms with Gasteiger partial charge in [-0.1, -0.05) is 6.07 Å². The standard InChI is InChI=1S/C18H25FN2O2/c1-23-17-4-2-13(10-16(17)19)3-5-18(22)21-8-6-14-11-20-12-15(14)7-9-21/h2,4,10,14-15,20H,3,5-9,11-12H2,1H3/t14-,15+. The zero-order valence-corrected chi connectivity index (χ0v) is 13.7. The van der Waals surface area contributed by atoms with Crippen LogP contribution < -0.4 is 10.1 Å². The number of likely N-dealkylation sites (tertiary alicyclic amines) is 1. The molecule has 2 heterocycles. The molecule has 1 aromatic carbocycles. The van der Waals surface area contributed by atoms with E-state index in [1.54, 1.807) is 6.07 Å². The lowest BCUT2D eigenvalue weighted by molar-refractivity contribution is -0.131. The fourth-order valence-corrected chi connectivity index (χ4v) is 3.74. The molecular weight excluding hydrogens is 295 g/mol. The van der Waals surface area contributed by atoms with E-state index in [0.29, 0.717) is 12.8 Å². The summed E-state index contributed by atoms with van der Waals surface area (Å²) in [4.78, 5) is 14.4. The normalized spacial score (nSPS) is 24.2. The molecule has 0 aromatic heterocycles. The van der Waals surface area contributed by atoms with Crippen LogP contribution in [0.15, 0.2) is 18.2 Å².